The molecule has 0 spiro atoms. The highest BCUT2D eigenvalue weighted by atomic mass is 32.1. The maximum atomic E-state index is 13.6. The van der Waals surface area contributed by atoms with E-state index >= 15 is 0 Å². The van der Waals surface area contributed by atoms with Crippen LogP contribution in [0.2, 0.25) is 0 Å². The molecule has 3 atom stereocenters. The summed E-state index contributed by atoms with van der Waals surface area (Å²) in [5.74, 6) is -1.02. The van der Waals surface area contributed by atoms with E-state index in [0.717, 1.165) is 75.6 Å². The number of aromatic carboxylic acids is 1. The molecule has 3 aliphatic heterocycles. The van der Waals surface area contributed by atoms with Gasteiger partial charge in [0.25, 0.3) is 5.91 Å². The van der Waals surface area contributed by atoms with E-state index in [1.54, 1.807) is 24.0 Å². The molecule has 364 valence electrons. The number of aromatic nitrogens is 5. The molecule has 17 nitrogen and oxygen atoms in total. The Hall–Kier alpha value is -7.57. The minimum absolute atomic E-state index is 0.0697. The summed E-state index contributed by atoms with van der Waals surface area (Å²) in [4.78, 5) is 81.8. The van der Waals surface area contributed by atoms with E-state index in [0.29, 0.717) is 77.8 Å². The maximum absolute atomic E-state index is 13.6. The molecular formula is C53H54N10O7S. The summed E-state index contributed by atoms with van der Waals surface area (Å²) in [7, 11) is 1.80. The van der Waals surface area contributed by atoms with Crippen molar-refractivity contribution >= 4 is 78.7 Å². The number of nitrogens with one attached hydrogen (secondary N) is 3. The van der Waals surface area contributed by atoms with Gasteiger partial charge in [-0.05, 0) is 136 Å². The fourth-order valence-electron chi connectivity index (χ4n) is 10.3. The maximum Gasteiger partial charge on any atom is 0.355 e. The summed E-state index contributed by atoms with van der Waals surface area (Å²) >= 11 is 1.40. The number of imide groups is 1. The van der Waals surface area contributed by atoms with Crippen molar-refractivity contribution in [1.82, 2.24) is 34.9 Å². The highest BCUT2D eigenvalue weighted by Crippen LogP contribution is 2.36. The molecule has 71 heavy (non-hydrogen) atoms. The molecular weight excluding hydrogens is 921 g/mol. The first-order valence-electron chi connectivity index (χ1n) is 24.1. The number of para-hydroxylation sites is 1. The van der Waals surface area contributed by atoms with Crippen LogP contribution in [0.5, 0.6) is 5.75 Å². The minimum atomic E-state index is -1.14. The number of amides is 4. The quantitative estimate of drug-likeness (QED) is 0.0604. The number of carboxylic acid groups (broad SMARTS) is 1. The number of aryl methyl sites for hydroxylation is 1. The van der Waals surface area contributed by atoms with Gasteiger partial charge in [-0.1, -0.05) is 35.6 Å². The van der Waals surface area contributed by atoms with E-state index in [2.05, 4.69) is 42.8 Å². The average Bonchev–Trinajstić information content (AvgIpc) is 3.92. The molecule has 2 unspecified atom stereocenters. The van der Waals surface area contributed by atoms with Crippen LogP contribution < -0.4 is 25.6 Å². The predicted octanol–water partition coefficient (Wildman–Crippen LogP) is 7.88. The van der Waals surface area contributed by atoms with Gasteiger partial charge in [0.05, 0.1) is 40.5 Å². The van der Waals surface area contributed by atoms with E-state index in [1.807, 2.05) is 84.6 Å². The number of hydrogen-bond acceptors (Lipinski definition) is 13. The summed E-state index contributed by atoms with van der Waals surface area (Å²) < 4.78 is 9.02. The van der Waals surface area contributed by atoms with Crippen molar-refractivity contribution in [2.45, 2.75) is 77.3 Å². The normalized spacial score (nSPS) is 18.3. The molecule has 4 amide bonds. The van der Waals surface area contributed by atoms with E-state index in [4.69, 9.17) is 9.72 Å². The number of rotatable bonds is 14. The minimum Gasteiger partial charge on any atom is -0.493 e. The zero-order chi connectivity index (χ0) is 49.3. The summed E-state index contributed by atoms with van der Waals surface area (Å²) in [6.45, 7) is 6.61. The molecule has 10 rings (SSSR count). The van der Waals surface area contributed by atoms with Crippen molar-refractivity contribution in [2.75, 3.05) is 41.8 Å². The fraction of sp³-hybridized carbons (Fsp3) is 0.340. The second kappa shape index (κ2) is 20.0. The van der Waals surface area contributed by atoms with Crippen molar-refractivity contribution in [3.63, 3.8) is 0 Å². The van der Waals surface area contributed by atoms with Gasteiger partial charge in [-0.25, -0.2) is 14.8 Å². The fourth-order valence-corrected chi connectivity index (χ4v) is 11.2. The molecule has 0 aliphatic carbocycles. The number of likely N-dealkylation sites (tertiary alicyclic amines) is 1. The van der Waals surface area contributed by atoms with E-state index in [-0.39, 0.29) is 48.3 Å². The number of fused-ring (bicyclic) bond motifs is 3. The zero-order valence-electron chi connectivity index (χ0n) is 39.7. The third-order valence-corrected chi connectivity index (χ3v) is 15.0. The number of hydrogen-bond donors (Lipinski definition) is 4. The molecule has 7 aromatic rings. The molecule has 7 heterocycles. The Morgan fingerprint density at radius 1 is 0.930 bits per heavy atom. The van der Waals surface area contributed by atoms with Gasteiger partial charge in [-0.15, -0.1) is 0 Å². The van der Waals surface area contributed by atoms with Crippen LogP contribution in [-0.2, 0) is 34.4 Å². The number of carbonyl (C=O) groups is 5. The number of benzene rings is 3. The summed E-state index contributed by atoms with van der Waals surface area (Å²) in [5, 5.41) is 24.8. The number of thiazole rings is 1. The number of piperidine rings is 2. The monoisotopic (exact) mass is 974 g/mol. The largest absolute Gasteiger partial charge is 0.493 e. The van der Waals surface area contributed by atoms with E-state index < -0.39 is 11.9 Å². The topological polar surface area (TPSA) is 214 Å². The first-order chi connectivity index (χ1) is 34.4. The Balaban J connectivity index is 0.718. The van der Waals surface area contributed by atoms with Crippen molar-refractivity contribution < 1.29 is 33.8 Å². The number of nitrogens with zero attached hydrogens (tertiary/aromatic N) is 7. The summed E-state index contributed by atoms with van der Waals surface area (Å²) in [6.07, 6.45) is 6.73. The number of anilines is 3. The van der Waals surface area contributed by atoms with Gasteiger partial charge in [0.15, 0.2) is 10.8 Å². The van der Waals surface area contributed by atoms with Crippen LogP contribution in [0, 0.1) is 12.8 Å². The van der Waals surface area contributed by atoms with Crippen LogP contribution in [-0.4, -0.2) is 96.6 Å². The van der Waals surface area contributed by atoms with Crippen LogP contribution >= 0.6 is 11.3 Å². The van der Waals surface area contributed by atoms with Gasteiger partial charge in [0.2, 0.25) is 17.7 Å². The molecule has 4 aromatic heterocycles. The van der Waals surface area contributed by atoms with Gasteiger partial charge in [-0.3, -0.25) is 44.4 Å². The highest BCUT2D eigenvalue weighted by Gasteiger charge is 2.33. The first kappa shape index (κ1) is 47.1. The van der Waals surface area contributed by atoms with E-state index in [9.17, 15) is 29.1 Å². The Kier molecular flexibility index (Phi) is 13.3. The van der Waals surface area contributed by atoms with Crippen LogP contribution in [0.15, 0.2) is 85.1 Å². The Morgan fingerprint density at radius 2 is 1.79 bits per heavy atom. The van der Waals surface area contributed by atoms with Gasteiger partial charge < -0.3 is 20.1 Å². The smallest absolute Gasteiger partial charge is 0.355 e. The molecule has 0 bridgehead atoms. The molecule has 3 aromatic carbocycles. The third-order valence-electron chi connectivity index (χ3n) is 14.1. The van der Waals surface area contributed by atoms with Gasteiger partial charge in [0.1, 0.15) is 17.3 Å². The van der Waals surface area contributed by atoms with Crippen molar-refractivity contribution in [3.8, 4) is 16.9 Å². The molecule has 0 radical (unpaired) electrons. The number of carbonyl (C=O) groups excluding carboxylic acids is 4. The standard InChI is InChI=1S/C53H54N10O7S/c1-30-26-32(20-23-62(30)29-46(65)55-34-13-14-37-41(27-34)61(3)60-47(37)38-16-18-45(64)58-50(38)66)8-7-25-70-42-11-6-9-35(31(42)2)36-15-17-44(57-49(36)52(68)69)63-24-21-33-19-22-54-48(39(33)28-63)51(67)59-53-56-40-10-4-5-12-43(40)71-53/h4-6,9-15,17,19,22,27,30,32,38H,7-8,16,18,20-21,23-26,28-29H2,1-3H3,(H,55,65)(H,68,69)(H,56,59,67)(H,58,64,66)/t30-,32?,38?/m1/s1. The summed E-state index contributed by atoms with van der Waals surface area (Å²) in [5.41, 5.74) is 6.93. The van der Waals surface area contributed by atoms with Crippen molar-refractivity contribution in [1.29, 1.82) is 0 Å². The predicted molar refractivity (Wildman–Crippen MR) is 271 cm³/mol. The number of ether oxygens (including phenoxy) is 1. The average molecular weight is 975 g/mol. The molecule has 2 fully saturated rings. The lowest BCUT2D eigenvalue weighted by Crippen LogP contribution is -2.44. The number of pyridine rings is 2. The first-order valence-corrected chi connectivity index (χ1v) is 24.9. The van der Waals surface area contributed by atoms with Crippen LogP contribution in [0.3, 0.4) is 0 Å². The molecule has 4 N–H and O–H groups in total. The van der Waals surface area contributed by atoms with Gasteiger partial charge in [0, 0.05) is 61.0 Å². The van der Waals surface area contributed by atoms with Crippen molar-refractivity contribution in [3.05, 3.63) is 119 Å². The molecule has 3 aliphatic rings. The van der Waals surface area contributed by atoms with Crippen LogP contribution in [0.1, 0.15) is 94.7 Å². The molecule has 18 heteroatoms. The molecule has 0 saturated carbocycles. The van der Waals surface area contributed by atoms with Gasteiger partial charge >= 0.3 is 5.97 Å². The SMILES string of the molecule is Cc1c(OCCCC2CCN(CC(=O)Nc3ccc4c(C5CCC(=O)NC5=O)nn(C)c4c3)[C@H](C)C2)cccc1-c1ccc(N2CCc3ccnc(C(=O)Nc4nc5ccccc5s4)c3C2)nc1C(=O)O. The zero-order valence-corrected chi connectivity index (χ0v) is 40.6. The second-order valence-electron chi connectivity index (χ2n) is 18.7. The number of carboxylic acids is 1. The molecule has 2 saturated heterocycles. The lowest BCUT2D eigenvalue weighted by Gasteiger charge is -2.37. The lowest BCUT2D eigenvalue weighted by molar-refractivity contribution is -0.134. The lowest BCUT2D eigenvalue weighted by atomic mass is 9.88. The van der Waals surface area contributed by atoms with Crippen molar-refractivity contribution in [2.24, 2.45) is 13.0 Å². The van der Waals surface area contributed by atoms with Crippen LogP contribution in [0.25, 0.3) is 32.2 Å². The van der Waals surface area contributed by atoms with E-state index in [1.165, 1.54) is 11.3 Å². The van der Waals surface area contributed by atoms with Gasteiger partial charge in [-0.2, -0.15) is 5.10 Å². The Bertz CT molecular complexity index is 3210. The third kappa shape index (κ3) is 9.94. The van der Waals surface area contributed by atoms with Crippen LogP contribution in [0.4, 0.5) is 16.6 Å². The Labute approximate surface area is 413 Å². The highest BCUT2D eigenvalue weighted by molar-refractivity contribution is 7.22. The second-order valence-corrected chi connectivity index (χ2v) is 19.7. The summed E-state index contributed by atoms with van der Waals surface area (Å²) in [6, 6.07) is 24.7. The Morgan fingerprint density at radius 3 is 2.61 bits per heavy atom.